The monoisotopic (exact) mass is 456 g/mol. The zero-order valence-corrected chi connectivity index (χ0v) is 18.8. The first kappa shape index (κ1) is 21.5. The van der Waals surface area contributed by atoms with Gasteiger partial charge in [0.05, 0.1) is 28.1 Å². The van der Waals surface area contributed by atoms with Gasteiger partial charge in [0.15, 0.2) is 5.78 Å². The van der Waals surface area contributed by atoms with Crippen LogP contribution in [0.15, 0.2) is 76.0 Å². The molecule has 8 heteroatoms. The van der Waals surface area contributed by atoms with Crippen molar-refractivity contribution in [3.63, 3.8) is 0 Å². The normalized spacial score (nSPS) is 15.6. The predicted octanol–water partition coefficient (Wildman–Crippen LogP) is 3.41. The Morgan fingerprint density at radius 3 is 1.76 bits per heavy atom. The van der Waals surface area contributed by atoms with Crippen LogP contribution in [0.2, 0.25) is 0 Å². The summed E-state index contributed by atoms with van der Waals surface area (Å²) in [6, 6.07) is 18.1. The number of nitrogens with zero attached hydrogens (tertiary/aromatic N) is 2. The zero-order valence-electron chi connectivity index (χ0n) is 18.8. The average molecular weight is 457 g/mol. The molecule has 0 saturated heterocycles. The smallest absolute Gasteiger partial charge is 0.279 e. The maximum atomic E-state index is 13.4. The number of hydrogen-bond donors (Lipinski definition) is 3. The van der Waals surface area contributed by atoms with Gasteiger partial charge in [0, 0.05) is 11.4 Å². The molecule has 1 unspecified atom stereocenters. The number of carbonyl (C=O) groups is 1. The molecule has 3 N–H and O–H groups in total. The van der Waals surface area contributed by atoms with Gasteiger partial charge >= 0.3 is 0 Å². The Bertz CT molecular complexity index is 1540. The Labute approximate surface area is 194 Å². The summed E-state index contributed by atoms with van der Waals surface area (Å²) in [6.07, 6.45) is 0.937. The number of benzene rings is 2. The number of aromatic amines is 2. The van der Waals surface area contributed by atoms with Gasteiger partial charge in [-0.2, -0.15) is 0 Å². The summed E-state index contributed by atoms with van der Waals surface area (Å²) in [6.45, 7) is 3.73. The number of nitrogens with one attached hydrogen (secondary N) is 2. The van der Waals surface area contributed by atoms with E-state index in [2.05, 4.69) is 10.2 Å². The van der Waals surface area contributed by atoms with Gasteiger partial charge in [-0.05, 0) is 37.1 Å². The SMILES string of the molecule is CCc1[nH]n(-c2ccccc2)c(=O)c1C1=C(O)C(c2c(CC)[nH]n(-c3ccccc3)c2=O)C1=O. The number of para-hydroxylation sites is 2. The van der Waals surface area contributed by atoms with Gasteiger partial charge < -0.3 is 5.11 Å². The molecule has 34 heavy (non-hydrogen) atoms. The Morgan fingerprint density at radius 1 is 0.765 bits per heavy atom. The molecule has 1 aliphatic carbocycles. The Balaban J connectivity index is 1.63. The van der Waals surface area contributed by atoms with E-state index in [0.29, 0.717) is 35.6 Å². The Morgan fingerprint density at radius 2 is 1.26 bits per heavy atom. The number of aliphatic hydroxyl groups excluding tert-OH is 1. The molecule has 0 fully saturated rings. The summed E-state index contributed by atoms with van der Waals surface area (Å²) >= 11 is 0. The van der Waals surface area contributed by atoms with Crippen molar-refractivity contribution in [3.05, 3.63) is 110 Å². The third kappa shape index (κ3) is 3.10. The first-order valence-corrected chi connectivity index (χ1v) is 11.2. The van der Waals surface area contributed by atoms with Crippen molar-refractivity contribution in [2.75, 3.05) is 0 Å². The standard InChI is InChI=1S/C26H24N4O4/c1-3-17-19(25(33)29(27-17)15-11-7-5-8-12-15)21-23(31)22(24(21)32)20-18(4-2)28-30(26(20)34)16-13-9-6-10-14-16/h5-14,21,27-28,31H,3-4H2,1-2H3. The first-order chi connectivity index (χ1) is 16.5. The van der Waals surface area contributed by atoms with Crippen LogP contribution < -0.4 is 11.1 Å². The van der Waals surface area contributed by atoms with Gasteiger partial charge in [-0.25, -0.2) is 9.36 Å². The minimum Gasteiger partial charge on any atom is -0.510 e. The largest absolute Gasteiger partial charge is 0.510 e. The van der Waals surface area contributed by atoms with Gasteiger partial charge in [0.25, 0.3) is 11.1 Å². The summed E-state index contributed by atoms with van der Waals surface area (Å²) in [5.74, 6) is -1.78. The van der Waals surface area contributed by atoms with E-state index in [1.54, 1.807) is 24.3 Å². The van der Waals surface area contributed by atoms with E-state index in [-0.39, 0.29) is 22.5 Å². The lowest BCUT2D eigenvalue weighted by atomic mass is 9.74. The molecule has 5 rings (SSSR count). The third-order valence-electron chi connectivity index (χ3n) is 6.28. The Kier molecular flexibility index (Phi) is 5.20. The van der Waals surface area contributed by atoms with E-state index in [4.69, 9.17) is 0 Å². The van der Waals surface area contributed by atoms with Crippen LogP contribution in [0.3, 0.4) is 0 Å². The van der Waals surface area contributed by atoms with Crippen molar-refractivity contribution in [3.8, 4) is 11.4 Å². The molecule has 0 aliphatic heterocycles. The lowest BCUT2D eigenvalue weighted by molar-refractivity contribution is -0.116. The molecule has 0 amide bonds. The molecule has 1 aliphatic rings. The molecule has 2 aromatic carbocycles. The van der Waals surface area contributed by atoms with Gasteiger partial charge in [0.2, 0.25) is 0 Å². The minimum absolute atomic E-state index is 0.0216. The minimum atomic E-state index is -1.09. The molecule has 4 aromatic rings. The third-order valence-corrected chi connectivity index (χ3v) is 6.28. The average Bonchev–Trinajstić information content (AvgIpc) is 3.37. The quantitative estimate of drug-likeness (QED) is 0.413. The van der Waals surface area contributed by atoms with Gasteiger partial charge in [-0.3, -0.25) is 24.6 Å². The molecule has 0 spiro atoms. The van der Waals surface area contributed by atoms with Gasteiger partial charge in [0.1, 0.15) is 11.7 Å². The lowest BCUT2D eigenvalue weighted by Crippen LogP contribution is -2.35. The molecule has 0 saturated carbocycles. The molecule has 0 bridgehead atoms. The van der Waals surface area contributed by atoms with E-state index >= 15 is 0 Å². The number of aryl methyl sites for hydroxylation is 2. The van der Waals surface area contributed by atoms with Crippen LogP contribution in [0.4, 0.5) is 0 Å². The van der Waals surface area contributed by atoms with Crippen LogP contribution in [0.1, 0.15) is 42.3 Å². The van der Waals surface area contributed by atoms with Crippen LogP contribution in [-0.4, -0.2) is 30.5 Å². The number of H-pyrrole nitrogens is 2. The number of aliphatic hydroxyl groups is 1. The van der Waals surface area contributed by atoms with Crippen molar-refractivity contribution in [2.24, 2.45) is 0 Å². The highest BCUT2D eigenvalue weighted by atomic mass is 16.3. The number of carbonyl (C=O) groups excluding carboxylic acids is 1. The highest BCUT2D eigenvalue weighted by Crippen LogP contribution is 2.43. The van der Waals surface area contributed by atoms with Crippen molar-refractivity contribution >= 4 is 11.4 Å². The van der Waals surface area contributed by atoms with Gasteiger partial charge in [-0.15, -0.1) is 0 Å². The predicted molar refractivity (Wildman–Crippen MR) is 129 cm³/mol. The van der Waals surface area contributed by atoms with Crippen LogP contribution in [0, 0.1) is 0 Å². The second-order valence-electron chi connectivity index (χ2n) is 8.19. The lowest BCUT2D eigenvalue weighted by Gasteiger charge is -2.27. The van der Waals surface area contributed by atoms with E-state index in [9.17, 15) is 19.5 Å². The number of allylic oxidation sites excluding steroid dienone is 2. The van der Waals surface area contributed by atoms with Crippen molar-refractivity contribution in [1.29, 1.82) is 0 Å². The highest BCUT2D eigenvalue weighted by molar-refractivity contribution is 6.32. The summed E-state index contributed by atoms with van der Waals surface area (Å²) in [4.78, 5) is 39.9. The molecule has 2 heterocycles. The molecule has 172 valence electrons. The van der Waals surface area contributed by atoms with Gasteiger partial charge in [-0.1, -0.05) is 50.2 Å². The summed E-state index contributed by atoms with van der Waals surface area (Å²) in [7, 11) is 0. The van der Waals surface area contributed by atoms with Crippen molar-refractivity contribution in [1.82, 2.24) is 19.6 Å². The topological polar surface area (TPSA) is 113 Å². The maximum Gasteiger partial charge on any atom is 0.279 e. The fourth-order valence-electron chi connectivity index (χ4n) is 4.56. The number of hydrogen-bond acceptors (Lipinski definition) is 4. The Hall–Kier alpha value is -4.33. The van der Waals surface area contributed by atoms with E-state index in [1.165, 1.54) is 9.36 Å². The number of rotatable bonds is 6. The molecule has 2 aromatic heterocycles. The summed E-state index contributed by atoms with van der Waals surface area (Å²) in [5.41, 5.74) is 1.93. The second kappa shape index (κ2) is 8.22. The molecule has 1 atom stereocenters. The van der Waals surface area contributed by atoms with Crippen molar-refractivity contribution in [2.45, 2.75) is 32.6 Å². The molecule has 0 radical (unpaired) electrons. The second-order valence-corrected chi connectivity index (χ2v) is 8.19. The molecular formula is C26H24N4O4. The van der Waals surface area contributed by atoms with Crippen LogP contribution >= 0.6 is 0 Å². The van der Waals surface area contributed by atoms with E-state index in [1.807, 2.05) is 50.2 Å². The highest BCUT2D eigenvalue weighted by Gasteiger charge is 2.46. The van der Waals surface area contributed by atoms with E-state index < -0.39 is 22.8 Å². The van der Waals surface area contributed by atoms with Crippen LogP contribution in [-0.2, 0) is 17.6 Å². The molecule has 8 nitrogen and oxygen atoms in total. The van der Waals surface area contributed by atoms with Crippen LogP contribution in [0.25, 0.3) is 16.9 Å². The number of Topliss-reactive ketones (excluding diaryl/α,β-unsaturated/α-hetero) is 1. The fraction of sp³-hybridized carbons (Fsp3) is 0.192. The van der Waals surface area contributed by atoms with E-state index in [0.717, 1.165) is 0 Å². The summed E-state index contributed by atoms with van der Waals surface area (Å²) < 4.78 is 2.74. The first-order valence-electron chi connectivity index (χ1n) is 11.2. The molecular weight excluding hydrogens is 432 g/mol. The zero-order chi connectivity index (χ0) is 24.0. The van der Waals surface area contributed by atoms with Crippen LogP contribution in [0.5, 0.6) is 0 Å². The summed E-state index contributed by atoms with van der Waals surface area (Å²) in [5, 5.41) is 17.1. The number of ketones is 1. The number of aromatic nitrogens is 4. The van der Waals surface area contributed by atoms with Crippen molar-refractivity contribution < 1.29 is 9.90 Å². The maximum absolute atomic E-state index is 13.4. The fourth-order valence-corrected chi connectivity index (χ4v) is 4.56.